The molecule has 3 aromatic rings. The Morgan fingerprint density at radius 2 is 1.65 bits per heavy atom. The molecule has 10 heteroatoms. The number of anilines is 1. The highest BCUT2D eigenvalue weighted by Crippen LogP contribution is 2.48. The largest absolute Gasteiger partial charge is 0.493 e. The van der Waals surface area contributed by atoms with Gasteiger partial charge in [0, 0.05) is 11.3 Å². The van der Waals surface area contributed by atoms with Gasteiger partial charge >= 0.3 is 0 Å². The van der Waals surface area contributed by atoms with Crippen LogP contribution < -0.4 is 18.9 Å². The second-order valence-electron chi connectivity index (χ2n) is 9.19. The second-order valence-corrected chi connectivity index (χ2v) is 10.8. The van der Waals surface area contributed by atoms with Crippen LogP contribution in [0.3, 0.4) is 0 Å². The Balaban J connectivity index is 2.35. The van der Waals surface area contributed by atoms with E-state index in [1.165, 1.54) is 13.2 Å². The van der Waals surface area contributed by atoms with E-state index in [4.69, 9.17) is 14.2 Å². The number of sulfonamides is 1. The molecule has 37 heavy (non-hydrogen) atoms. The Hall–Kier alpha value is -3.78. The fourth-order valence-electron chi connectivity index (χ4n) is 3.64. The molecule has 0 aromatic heterocycles. The molecule has 0 amide bonds. The minimum Gasteiger partial charge on any atom is -0.493 e. The number of aliphatic hydroxyl groups is 2. The number of benzene rings is 3. The topological polar surface area (TPSA) is 138 Å². The van der Waals surface area contributed by atoms with Crippen molar-refractivity contribution in [1.82, 2.24) is 0 Å². The van der Waals surface area contributed by atoms with Gasteiger partial charge in [-0.1, -0.05) is 51.1 Å². The Kier molecular flexibility index (Phi) is 8.65. The molecule has 0 radical (unpaired) electrons. The summed E-state index contributed by atoms with van der Waals surface area (Å²) in [7, 11) is -2.85. The number of nitrogens with zero attached hydrogens (tertiary/aromatic N) is 1. The number of hydrogen-bond donors (Lipinski definition) is 3. The van der Waals surface area contributed by atoms with Crippen LogP contribution in [0.2, 0.25) is 0 Å². The second kappa shape index (κ2) is 11.5. The van der Waals surface area contributed by atoms with Crippen molar-refractivity contribution in [3.8, 4) is 29.1 Å². The molecule has 0 heterocycles. The highest BCUT2D eigenvalue weighted by Gasteiger charge is 2.34. The maximum Gasteiger partial charge on any atom is 0.265 e. The molecule has 3 aromatic carbocycles. The van der Waals surface area contributed by atoms with Gasteiger partial charge in [-0.15, -0.1) is 0 Å². The number of aliphatic hydroxyl groups excluding tert-OH is 2. The van der Waals surface area contributed by atoms with Gasteiger partial charge in [0.05, 0.1) is 25.3 Å². The van der Waals surface area contributed by atoms with Crippen LogP contribution in [0.5, 0.6) is 23.0 Å². The van der Waals surface area contributed by atoms with Crippen molar-refractivity contribution in [3.63, 3.8) is 0 Å². The zero-order chi connectivity index (χ0) is 27.2. The molecule has 1 unspecified atom stereocenters. The summed E-state index contributed by atoms with van der Waals surface area (Å²) in [6, 6.07) is 18.3. The molecule has 0 saturated carbocycles. The fourth-order valence-corrected chi connectivity index (χ4v) is 4.85. The van der Waals surface area contributed by atoms with E-state index < -0.39 is 28.1 Å². The van der Waals surface area contributed by atoms with E-state index >= 15 is 0 Å². The van der Waals surface area contributed by atoms with Gasteiger partial charge in [-0.2, -0.15) is 5.26 Å². The van der Waals surface area contributed by atoms with E-state index in [0.717, 1.165) is 0 Å². The summed E-state index contributed by atoms with van der Waals surface area (Å²) in [5.41, 5.74) is 0.0475. The predicted octanol–water partition coefficient (Wildman–Crippen LogP) is 4.19. The van der Waals surface area contributed by atoms with Gasteiger partial charge in [-0.3, -0.25) is 4.72 Å². The number of nitriles is 1. The molecule has 0 spiro atoms. The first-order valence-electron chi connectivity index (χ1n) is 11.4. The summed E-state index contributed by atoms with van der Waals surface area (Å²) in [5, 5.41) is 29.3. The van der Waals surface area contributed by atoms with E-state index in [9.17, 15) is 23.9 Å². The molecular weight excluding hydrogens is 496 g/mol. The highest BCUT2D eigenvalue weighted by atomic mass is 32.2. The fraction of sp³-hybridized carbons (Fsp3) is 0.296. The van der Waals surface area contributed by atoms with E-state index in [-0.39, 0.29) is 34.3 Å². The maximum absolute atomic E-state index is 13.7. The first-order chi connectivity index (χ1) is 17.5. The van der Waals surface area contributed by atoms with Gasteiger partial charge in [0.2, 0.25) is 0 Å². The van der Waals surface area contributed by atoms with Crippen LogP contribution in [0.15, 0.2) is 65.6 Å². The zero-order valence-corrected chi connectivity index (χ0v) is 21.9. The quantitative estimate of drug-likeness (QED) is 0.358. The molecule has 0 aliphatic heterocycles. The minimum absolute atomic E-state index is 0.0432. The third-order valence-corrected chi connectivity index (χ3v) is 6.69. The molecule has 1 atom stereocenters. The smallest absolute Gasteiger partial charge is 0.265 e. The summed E-state index contributed by atoms with van der Waals surface area (Å²) < 4.78 is 47.3. The van der Waals surface area contributed by atoms with Gasteiger partial charge in [0.1, 0.15) is 17.6 Å². The molecule has 0 aliphatic rings. The summed E-state index contributed by atoms with van der Waals surface area (Å²) in [6.45, 7) is 4.56. The van der Waals surface area contributed by atoms with Crippen molar-refractivity contribution in [2.45, 2.75) is 37.2 Å². The van der Waals surface area contributed by atoms with Gasteiger partial charge in [0.15, 0.2) is 23.0 Å². The number of rotatable bonds is 10. The summed E-state index contributed by atoms with van der Waals surface area (Å²) in [6.07, 6.45) is -1.25. The molecule has 0 aliphatic carbocycles. The number of ether oxygens (including phenoxy) is 3. The Labute approximate surface area is 216 Å². The molecule has 0 fully saturated rings. The summed E-state index contributed by atoms with van der Waals surface area (Å²) in [5.74, 6) is 0.309. The highest BCUT2D eigenvalue weighted by molar-refractivity contribution is 7.92. The Morgan fingerprint density at radius 1 is 1.03 bits per heavy atom. The Bertz CT molecular complexity index is 1380. The third kappa shape index (κ3) is 6.51. The van der Waals surface area contributed by atoms with Gasteiger partial charge in [-0.25, -0.2) is 8.42 Å². The van der Waals surface area contributed by atoms with E-state index in [2.05, 4.69) is 10.8 Å². The summed E-state index contributed by atoms with van der Waals surface area (Å²) in [4.78, 5) is -0.347. The average molecular weight is 527 g/mol. The minimum atomic E-state index is -4.30. The lowest BCUT2D eigenvalue weighted by molar-refractivity contribution is 0.0521. The molecule has 3 rings (SSSR count). The molecular formula is C27H30N2O7S. The average Bonchev–Trinajstić information content (AvgIpc) is 2.87. The lowest BCUT2D eigenvalue weighted by Gasteiger charge is -2.28. The van der Waals surface area contributed by atoms with Crippen molar-refractivity contribution in [3.05, 3.63) is 71.8 Å². The van der Waals surface area contributed by atoms with Crippen molar-refractivity contribution in [2.75, 3.05) is 25.0 Å². The van der Waals surface area contributed by atoms with Gasteiger partial charge < -0.3 is 24.4 Å². The van der Waals surface area contributed by atoms with Gasteiger partial charge in [-0.05, 0) is 35.7 Å². The van der Waals surface area contributed by atoms with E-state index in [0.29, 0.717) is 17.0 Å². The van der Waals surface area contributed by atoms with Crippen LogP contribution in [0, 0.1) is 11.3 Å². The SMILES string of the molecule is COc1ccccc1Oc1c(S(=O)(=O)Nc2ccccc2)cc(C#N)c(C(C)(C)C)c1OCC(O)CO. The Morgan fingerprint density at radius 3 is 2.22 bits per heavy atom. The van der Waals surface area contributed by atoms with E-state index in [1.807, 2.05) is 20.8 Å². The molecule has 0 bridgehead atoms. The molecule has 3 N–H and O–H groups in total. The lowest BCUT2D eigenvalue weighted by atomic mass is 9.83. The van der Waals surface area contributed by atoms with E-state index in [1.54, 1.807) is 54.6 Å². The molecule has 196 valence electrons. The third-order valence-electron chi connectivity index (χ3n) is 5.30. The van der Waals surface area contributed by atoms with Crippen LogP contribution in [-0.2, 0) is 15.4 Å². The first kappa shape index (κ1) is 27.8. The first-order valence-corrected chi connectivity index (χ1v) is 12.9. The number of hydrogen-bond acceptors (Lipinski definition) is 8. The number of nitrogens with one attached hydrogen (secondary N) is 1. The molecule has 9 nitrogen and oxygen atoms in total. The van der Waals surface area contributed by atoms with Crippen molar-refractivity contribution in [1.29, 1.82) is 5.26 Å². The van der Waals surface area contributed by atoms with Crippen LogP contribution in [0.4, 0.5) is 5.69 Å². The van der Waals surface area contributed by atoms with Crippen molar-refractivity contribution >= 4 is 15.7 Å². The van der Waals surface area contributed by atoms with Crippen molar-refractivity contribution in [2.24, 2.45) is 0 Å². The van der Waals surface area contributed by atoms with Gasteiger partial charge in [0.25, 0.3) is 10.0 Å². The number of methoxy groups -OCH3 is 1. The number of para-hydroxylation sites is 3. The summed E-state index contributed by atoms with van der Waals surface area (Å²) >= 11 is 0. The maximum atomic E-state index is 13.7. The standard InChI is InChI=1S/C27H30N2O7S/c1-27(2,3)24-18(15-28)14-23(37(32,33)29-19-10-6-5-7-11-19)25(26(24)35-17-20(31)16-30)36-22-13-9-8-12-21(22)34-4/h5-14,20,29-31H,16-17H2,1-4H3. The lowest BCUT2D eigenvalue weighted by Crippen LogP contribution is -2.25. The monoisotopic (exact) mass is 526 g/mol. The van der Waals surface area contributed by atoms with Crippen LogP contribution >= 0.6 is 0 Å². The van der Waals surface area contributed by atoms with Crippen LogP contribution in [0.1, 0.15) is 31.9 Å². The predicted molar refractivity (Wildman–Crippen MR) is 139 cm³/mol. The normalized spacial score (nSPS) is 12.4. The van der Waals surface area contributed by atoms with Crippen LogP contribution in [0.25, 0.3) is 0 Å². The zero-order valence-electron chi connectivity index (χ0n) is 21.1. The molecule has 0 saturated heterocycles. The van der Waals surface area contributed by atoms with Crippen LogP contribution in [-0.4, -0.2) is 45.1 Å². The van der Waals surface area contributed by atoms with Crippen molar-refractivity contribution < 1.29 is 32.8 Å².